The standard InChI is InChI=1S/C11H23N3O.2ClH/c1-8(2)10(12)11(15)13-9-4-6-14(3)7-5-9;;/h8-10H,4-7,12H2,1-3H3,(H,13,15);2*1H/t10-;;/m1../s1. The van der Waals surface area contributed by atoms with Crippen LogP contribution in [0.4, 0.5) is 0 Å². The minimum Gasteiger partial charge on any atom is -0.352 e. The molecule has 1 heterocycles. The maximum absolute atomic E-state index is 11.7. The summed E-state index contributed by atoms with van der Waals surface area (Å²) in [6, 6.07) is -0.0526. The van der Waals surface area contributed by atoms with Gasteiger partial charge in [-0.2, -0.15) is 0 Å². The fraction of sp³-hybridized carbons (Fsp3) is 0.909. The average Bonchev–Trinajstić information content (AvgIpc) is 2.20. The first-order valence-corrected chi connectivity index (χ1v) is 5.75. The van der Waals surface area contributed by atoms with Crippen molar-refractivity contribution in [2.24, 2.45) is 11.7 Å². The highest BCUT2D eigenvalue weighted by atomic mass is 35.5. The first-order chi connectivity index (χ1) is 7.00. The van der Waals surface area contributed by atoms with Crippen LogP contribution in [0, 0.1) is 5.92 Å². The van der Waals surface area contributed by atoms with Crippen LogP contribution in [0.2, 0.25) is 0 Å². The van der Waals surface area contributed by atoms with Gasteiger partial charge in [-0.15, -0.1) is 24.8 Å². The van der Waals surface area contributed by atoms with E-state index in [4.69, 9.17) is 5.73 Å². The predicted octanol–water partition coefficient (Wildman–Crippen LogP) is 1.02. The first-order valence-electron chi connectivity index (χ1n) is 5.75. The molecule has 0 aromatic carbocycles. The highest BCUT2D eigenvalue weighted by Gasteiger charge is 2.22. The molecular formula is C11H25Cl2N3O. The van der Waals surface area contributed by atoms with Gasteiger partial charge in [0.05, 0.1) is 6.04 Å². The summed E-state index contributed by atoms with van der Waals surface area (Å²) < 4.78 is 0. The van der Waals surface area contributed by atoms with E-state index in [1.54, 1.807) is 0 Å². The van der Waals surface area contributed by atoms with E-state index >= 15 is 0 Å². The average molecular weight is 286 g/mol. The Morgan fingerprint density at radius 1 is 1.29 bits per heavy atom. The number of halogens is 2. The number of carbonyl (C=O) groups excluding carboxylic acids is 1. The van der Waals surface area contributed by atoms with Gasteiger partial charge in [-0.3, -0.25) is 4.79 Å². The molecule has 0 saturated carbocycles. The monoisotopic (exact) mass is 285 g/mol. The second kappa shape index (κ2) is 8.97. The molecule has 1 amide bonds. The van der Waals surface area contributed by atoms with Gasteiger partial charge in [-0.05, 0) is 38.9 Å². The Hall–Kier alpha value is -0.0300. The molecule has 1 fully saturated rings. The van der Waals surface area contributed by atoms with Crippen LogP contribution < -0.4 is 11.1 Å². The number of amides is 1. The lowest BCUT2D eigenvalue weighted by molar-refractivity contribution is -0.124. The van der Waals surface area contributed by atoms with E-state index < -0.39 is 0 Å². The van der Waals surface area contributed by atoms with Gasteiger partial charge in [0.15, 0.2) is 0 Å². The molecule has 1 atom stereocenters. The number of nitrogens with one attached hydrogen (secondary N) is 1. The molecule has 1 aliphatic heterocycles. The van der Waals surface area contributed by atoms with E-state index in [0.29, 0.717) is 6.04 Å². The summed E-state index contributed by atoms with van der Waals surface area (Å²) in [5.41, 5.74) is 5.78. The Morgan fingerprint density at radius 2 is 1.76 bits per heavy atom. The van der Waals surface area contributed by atoms with Crippen LogP contribution in [0.1, 0.15) is 26.7 Å². The van der Waals surface area contributed by atoms with Gasteiger partial charge in [0, 0.05) is 6.04 Å². The summed E-state index contributed by atoms with van der Waals surface area (Å²) in [7, 11) is 2.11. The van der Waals surface area contributed by atoms with Gasteiger partial charge in [0.2, 0.25) is 5.91 Å². The van der Waals surface area contributed by atoms with E-state index in [1.165, 1.54) is 0 Å². The molecule has 1 rings (SSSR count). The largest absolute Gasteiger partial charge is 0.352 e. The van der Waals surface area contributed by atoms with Crippen molar-refractivity contribution in [3.05, 3.63) is 0 Å². The zero-order chi connectivity index (χ0) is 11.4. The molecule has 0 unspecified atom stereocenters. The highest BCUT2D eigenvalue weighted by molar-refractivity contribution is 5.85. The third kappa shape index (κ3) is 6.46. The molecule has 0 aromatic rings. The van der Waals surface area contributed by atoms with Gasteiger partial charge in [0.1, 0.15) is 0 Å². The minimum absolute atomic E-state index is 0. The molecule has 4 nitrogen and oxygen atoms in total. The Morgan fingerprint density at radius 3 is 2.18 bits per heavy atom. The molecule has 0 spiro atoms. The molecule has 0 aromatic heterocycles. The van der Waals surface area contributed by atoms with Crippen LogP contribution in [-0.2, 0) is 4.79 Å². The zero-order valence-electron chi connectivity index (χ0n) is 10.8. The Bertz CT molecular complexity index is 219. The van der Waals surface area contributed by atoms with Crippen LogP contribution >= 0.6 is 24.8 Å². The number of rotatable bonds is 3. The number of hydrogen-bond acceptors (Lipinski definition) is 3. The summed E-state index contributed by atoms with van der Waals surface area (Å²) >= 11 is 0. The number of hydrogen-bond donors (Lipinski definition) is 2. The molecule has 1 aliphatic rings. The number of nitrogens with two attached hydrogens (primary N) is 1. The van der Waals surface area contributed by atoms with Crippen LogP contribution in [0.25, 0.3) is 0 Å². The number of piperidine rings is 1. The molecule has 6 heteroatoms. The Balaban J connectivity index is 0. The second-order valence-electron chi connectivity index (χ2n) is 4.86. The van der Waals surface area contributed by atoms with Gasteiger partial charge in [-0.25, -0.2) is 0 Å². The van der Waals surface area contributed by atoms with Gasteiger partial charge >= 0.3 is 0 Å². The molecule has 1 saturated heterocycles. The summed E-state index contributed by atoms with van der Waals surface area (Å²) in [6.07, 6.45) is 2.07. The summed E-state index contributed by atoms with van der Waals surface area (Å²) in [6.45, 7) is 6.06. The Labute approximate surface area is 117 Å². The van der Waals surface area contributed by atoms with E-state index in [9.17, 15) is 4.79 Å². The van der Waals surface area contributed by atoms with Crippen molar-refractivity contribution in [1.29, 1.82) is 0 Å². The van der Waals surface area contributed by atoms with Crippen molar-refractivity contribution in [3.63, 3.8) is 0 Å². The van der Waals surface area contributed by atoms with Gasteiger partial charge < -0.3 is 16.0 Å². The Kier molecular flexibility index (Phi) is 10.2. The van der Waals surface area contributed by atoms with E-state index in [2.05, 4.69) is 17.3 Å². The lowest BCUT2D eigenvalue weighted by Crippen LogP contribution is -2.50. The van der Waals surface area contributed by atoms with Crippen molar-refractivity contribution in [1.82, 2.24) is 10.2 Å². The van der Waals surface area contributed by atoms with E-state index in [0.717, 1.165) is 25.9 Å². The molecule has 0 radical (unpaired) electrons. The van der Waals surface area contributed by atoms with Gasteiger partial charge in [-0.1, -0.05) is 13.8 Å². The third-order valence-corrected chi connectivity index (χ3v) is 3.09. The number of likely N-dealkylation sites (tertiary alicyclic amines) is 1. The van der Waals surface area contributed by atoms with Crippen molar-refractivity contribution in [3.8, 4) is 0 Å². The SMILES string of the molecule is CC(C)[C@@H](N)C(=O)NC1CCN(C)CC1.Cl.Cl. The smallest absolute Gasteiger partial charge is 0.237 e. The van der Waals surface area contributed by atoms with Crippen molar-refractivity contribution >= 4 is 30.7 Å². The fourth-order valence-electron chi connectivity index (χ4n) is 1.75. The quantitative estimate of drug-likeness (QED) is 0.814. The van der Waals surface area contributed by atoms with E-state index in [-0.39, 0.29) is 42.7 Å². The molecule has 104 valence electrons. The first kappa shape index (κ1) is 19.3. The molecule has 17 heavy (non-hydrogen) atoms. The van der Waals surface area contributed by atoms with Crippen LogP contribution in [0.5, 0.6) is 0 Å². The molecule has 0 bridgehead atoms. The summed E-state index contributed by atoms with van der Waals surface area (Å²) in [5, 5.41) is 3.03. The maximum Gasteiger partial charge on any atom is 0.237 e. The van der Waals surface area contributed by atoms with Crippen LogP contribution in [-0.4, -0.2) is 43.0 Å². The van der Waals surface area contributed by atoms with Crippen molar-refractivity contribution < 1.29 is 4.79 Å². The van der Waals surface area contributed by atoms with Crippen LogP contribution in [0.15, 0.2) is 0 Å². The molecule has 3 N–H and O–H groups in total. The topological polar surface area (TPSA) is 58.4 Å². The lowest BCUT2D eigenvalue weighted by atomic mass is 10.0. The second-order valence-corrected chi connectivity index (χ2v) is 4.86. The summed E-state index contributed by atoms with van der Waals surface area (Å²) in [4.78, 5) is 14.0. The third-order valence-electron chi connectivity index (χ3n) is 3.09. The lowest BCUT2D eigenvalue weighted by Gasteiger charge is -2.30. The van der Waals surface area contributed by atoms with Crippen LogP contribution in [0.3, 0.4) is 0 Å². The van der Waals surface area contributed by atoms with Crippen molar-refractivity contribution in [2.45, 2.75) is 38.8 Å². The van der Waals surface area contributed by atoms with Gasteiger partial charge in [0.25, 0.3) is 0 Å². The molecular weight excluding hydrogens is 261 g/mol. The number of nitrogens with zero attached hydrogens (tertiary/aromatic N) is 1. The maximum atomic E-state index is 11.7. The predicted molar refractivity (Wildman–Crippen MR) is 76.0 cm³/mol. The zero-order valence-corrected chi connectivity index (χ0v) is 12.4. The minimum atomic E-state index is -0.371. The van der Waals surface area contributed by atoms with Crippen molar-refractivity contribution in [2.75, 3.05) is 20.1 Å². The highest BCUT2D eigenvalue weighted by Crippen LogP contribution is 2.09. The fourth-order valence-corrected chi connectivity index (χ4v) is 1.75. The molecule has 0 aliphatic carbocycles. The summed E-state index contributed by atoms with van der Waals surface area (Å²) in [5.74, 6) is 0.204. The normalized spacial score (nSPS) is 19.1. The van der Waals surface area contributed by atoms with E-state index in [1.807, 2.05) is 13.8 Å². The number of carbonyl (C=O) groups is 1.